The van der Waals surface area contributed by atoms with Crippen LogP contribution in [0.15, 0.2) is 205 Å². The zero-order valence-corrected chi connectivity index (χ0v) is 31.8. The number of benzene rings is 10. The van der Waals surface area contributed by atoms with E-state index in [-0.39, 0.29) is 0 Å². The van der Waals surface area contributed by atoms with Crippen molar-refractivity contribution in [3.05, 3.63) is 200 Å². The zero-order chi connectivity index (χ0) is 38.9. The van der Waals surface area contributed by atoms with E-state index in [9.17, 15) is 0 Å². The monoisotopic (exact) mass is 751 g/mol. The maximum absolute atomic E-state index is 6.12. The molecule has 0 aliphatic heterocycles. The van der Waals surface area contributed by atoms with E-state index in [1.165, 1.54) is 54.2 Å². The fourth-order valence-electron chi connectivity index (χ4n) is 8.90. The second-order valence-corrected chi connectivity index (χ2v) is 15.1. The van der Waals surface area contributed by atoms with Crippen LogP contribution >= 0.6 is 0 Å². The second-order valence-electron chi connectivity index (χ2n) is 15.1. The first-order chi connectivity index (χ1) is 29.2. The molecule has 0 N–H and O–H groups in total. The van der Waals surface area contributed by atoms with E-state index in [1.807, 2.05) is 60.7 Å². The van der Waals surface area contributed by atoms with Gasteiger partial charge in [0.25, 0.3) is 0 Å². The predicted octanol–water partition coefficient (Wildman–Crippen LogP) is 14.7. The van der Waals surface area contributed by atoms with Gasteiger partial charge in [0.2, 0.25) is 0 Å². The molecule has 0 fully saturated rings. The van der Waals surface area contributed by atoms with Gasteiger partial charge in [-0.3, -0.25) is 0 Å². The number of fused-ring (bicyclic) bond motifs is 11. The van der Waals surface area contributed by atoms with E-state index >= 15 is 0 Å². The van der Waals surface area contributed by atoms with Gasteiger partial charge in [-0.1, -0.05) is 164 Å². The molecule has 0 amide bonds. The van der Waals surface area contributed by atoms with Crippen LogP contribution in [0.1, 0.15) is 0 Å². The largest absolute Gasteiger partial charge is 0.456 e. The number of para-hydroxylation sites is 1. The van der Waals surface area contributed by atoms with Gasteiger partial charge in [-0.15, -0.1) is 0 Å². The van der Waals surface area contributed by atoms with Gasteiger partial charge in [0.1, 0.15) is 11.2 Å². The summed E-state index contributed by atoms with van der Waals surface area (Å²) < 4.78 is 6.12. The summed E-state index contributed by atoms with van der Waals surface area (Å²) in [6, 6.07) is 70.7. The zero-order valence-electron chi connectivity index (χ0n) is 31.8. The fraction of sp³-hybridized carbons (Fsp3) is 0. The third kappa shape index (κ3) is 5.49. The summed E-state index contributed by atoms with van der Waals surface area (Å²) in [7, 11) is 0. The van der Waals surface area contributed by atoms with Crippen LogP contribution in [0.5, 0.6) is 0 Å². The molecule has 0 spiro atoms. The molecule has 0 radical (unpaired) electrons. The molecule has 2 aromatic heterocycles. The van der Waals surface area contributed by atoms with Crippen LogP contribution in [0, 0.1) is 0 Å². The highest BCUT2D eigenvalue weighted by Crippen LogP contribution is 2.43. The maximum Gasteiger partial charge on any atom is 0.164 e. The summed E-state index contributed by atoms with van der Waals surface area (Å²) >= 11 is 0. The first-order valence-electron chi connectivity index (χ1n) is 19.9. The Hall–Kier alpha value is -7.95. The molecule has 0 saturated carbocycles. The summed E-state index contributed by atoms with van der Waals surface area (Å²) in [4.78, 5) is 15.1. The molecule has 0 saturated heterocycles. The number of aromatic nitrogens is 3. The number of nitrogens with zero attached hydrogens (tertiary/aromatic N) is 3. The molecule has 0 aliphatic carbocycles. The van der Waals surface area contributed by atoms with Gasteiger partial charge < -0.3 is 4.42 Å². The van der Waals surface area contributed by atoms with E-state index < -0.39 is 0 Å². The molecule has 274 valence electrons. The summed E-state index contributed by atoms with van der Waals surface area (Å²) in [6.07, 6.45) is 0. The molecule has 4 heteroatoms. The Balaban J connectivity index is 0.961. The highest BCUT2D eigenvalue weighted by molar-refractivity contribution is 6.33. The number of rotatable bonds is 5. The summed E-state index contributed by atoms with van der Waals surface area (Å²) in [5.74, 6) is 1.86. The molecule has 10 aromatic carbocycles. The Morgan fingerprint density at radius 2 is 0.729 bits per heavy atom. The first kappa shape index (κ1) is 33.2. The number of hydrogen-bond donors (Lipinski definition) is 0. The van der Waals surface area contributed by atoms with E-state index in [0.717, 1.165) is 49.8 Å². The van der Waals surface area contributed by atoms with Gasteiger partial charge in [0.05, 0.1) is 0 Å². The Kier molecular flexibility index (Phi) is 7.50. The SMILES string of the molecule is c1ccc(-c2nc(-c3ccc(-c4cccc(-c5cc6c7ccccc7c7ccccc7c6c6ccccc56)c4)cc3)nc(-c3ccc4oc5ccccc5c4c3)n2)cc1. The van der Waals surface area contributed by atoms with Crippen LogP contribution in [-0.4, -0.2) is 15.0 Å². The average Bonchev–Trinajstić information content (AvgIpc) is 3.69. The van der Waals surface area contributed by atoms with Gasteiger partial charge in [-0.05, 0) is 102 Å². The van der Waals surface area contributed by atoms with Gasteiger partial charge in [0, 0.05) is 27.5 Å². The molecule has 59 heavy (non-hydrogen) atoms. The molecule has 0 unspecified atom stereocenters. The van der Waals surface area contributed by atoms with Crippen molar-refractivity contribution in [2.45, 2.75) is 0 Å². The molecule has 0 bridgehead atoms. The quantitative estimate of drug-likeness (QED) is 0.164. The van der Waals surface area contributed by atoms with Crippen molar-refractivity contribution in [2.24, 2.45) is 0 Å². The smallest absolute Gasteiger partial charge is 0.164 e. The van der Waals surface area contributed by atoms with Gasteiger partial charge in [-0.2, -0.15) is 0 Å². The van der Waals surface area contributed by atoms with Gasteiger partial charge in [0.15, 0.2) is 17.5 Å². The lowest BCUT2D eigenvalue weighted by molar-refractivity contribution is 0.669. The Labute approximate surface area is 339 Å². The fourth-order valence-corrected chi connectivity index (χ4v) is 8.90. The lowest BCUT2D eigenvalue weighted by atomic mass is 9.87. The van der Waals surface area contributed by atoms with Crippen LogP contribution in [0.2, 0.25) is 0 Å². The number of hydrogen-bond acceptors (Lipinski definition) is 4. The summed E-state index contributed by atoms with van der Waals surface area (Å²) in [5.41, 5.74) is 9.11. The van der Waals surface area contributed by atoms with E-state index in [2.05, 4.69) is 140 Å². The third-order valence-electron chi connectivity index (χ3n) is 11.7. The molecule has 12 rings (SSSR count). The van der Waals surface area contributed by atoms with Crippen molar-refractivity contribution in [1.29, 1.82) is 0 Å². The lowest BCUT2D eigenvalue weighted by Gasteiger charge is -2.16. The van der Waals surface area contributed by atoms with E-state index in [1.54, 1.807) is 0 Å². The molecule has 0 aliphatic rings. The third-order valence-corrected chi connectivity index (χ3v) is 11.7. The Morgan fingerprint density at radius 3 is 1.46 bits per heavy atom. The second kappa shape index (κ2) is 13.3. The highest BCUT2D eigenvalue weighted by Gasteiger charge is 2.17. The average molecular weight is 752 g/mol. The minimum absolute atomic E-state index is 0.612. The molecular weight excluding hydrogens is 719 g/mol. The highest BCUT2D eigenvalue weighted by atomic mass is 16.3. The van der Waals surface area contributed by atoms with E-state index in [0.29, 0.717) is 17.5 Å². The Morgan fingerprint density at radius 1 is 0.254 bits per heavy atom. The van der Waals surface area contributed by atoms with Crippen LogP contribution in [0.3, 0.4) is 0 Å². The number of furan rings is 1. The molecule has 12 aromatic rings. The minimum Gasteiger partial charge on any atom is -0.456 e. The van der Waals surface area contributed by atoms with Crippen LogP contribution < -0.4 is 0 Å². The van der Waals surface area contributed by atoms with Crippen LogP contribution in [-0.2, 0) is 0 Å². The minimum atomic E-state index is 0.612. The van der Waals surface area contributed by atoms with Gasteiger partial charge in [-0.25, -0.2) is 15.0 Å². The molecular formula is C55H33N3O. The van der Waals surface area contributed by atoms with Crippen molar-refractivity contribution in [3.8, 4) is 56.4 Å². The van der Waals surface area contributed by atoms with Crippen LogP contribution in [0.25, 0.3) is 121 Å². The lowest BCUT2D eigenvalue weighted by Crippen LogP contribution is -2.00. The van der Waals surface area contributed by atoms with E-state index in [4.69, 9.17) is 19.4 Å². The normalized spacial score (nSPS) is 11.7. The van der Waals surface area contributed by atoms with Crippen molar-refractivity contribution in [3.63, 3.8) is 0 Å². The van der Waals surface area contributed by atoms with Crippen LogP contribution in [0.4, 0.5) is 0 Å². The molecule has 4 nitrogen and oxygen atoms in total. The summed E-state index contributed by atoms with van der Waals surface area (Å²) in [6.45, 7) is 0. The van der Waals surface area contributed by atoms with Crippen molar-refractivity contribution in [1.82, 2.24) is 15.0 Å². The standard InChI is InChI=1S/C55H33N3O/c1-2-13-35(14-3-1)53-56-54(58-55(57-53)39-29-30-51-48(32-39)44-21-10-11-24-50(44)59-51)36-27-25-34(26-28-36)37-15-12-16-38(31-37)47-33-49-42-19-5-4-17-40(42)41-18-6-8-22-45(41)52(49)46-23-9-7-20-43(46)47/h1-33H. The van der Waals surface area contributed by atoms with Crippen molar-refractivity contribution < 1.29 is 4.42 Å². The van der Waals surface area contributed by atoms with Crippen molar-refractivity contribution >= 4 is 65.0 Å². The molecule has 2 heterocycles. The maximum atomic E-state index is 6.12. The predicted molar refractivity (Wildman–Crippen MR) is 244 cm³/mol. The summed E-state index contributed by atoms with van der Waals surface area (Å²) in [5, 5.41) is 12.3. The molecule has 0 atom stereocenters. The topological polar surface area (TPSA) is 51.8 Å². The Bertz CT molecular complexity index is 3610. The van der Waals surface area contributed by atoms with Gasteiger partial charge >= 0.3 is 0 Å². The first-order valence-corrected chi connectivity index (χ1v) is 19.9. The van der Waals surface area contributed by atoms with Crippen molar-refractivity contribution in [2.75, 3.05) is 0 Å².